The second-order valence-electron chi connectivity index (χ2n) is 4.86. The Morgan fingerprint density at radius 3 is 2.67 bits per heavy atom. The number of carbonyl (C=O) groups is 1. The third-order valence-corrected chi connectivity index (χ3v) is 3.10. The summed E-state index contributed by atoms with van der Waals surface area (Å²) >= 11 is 0. The maximum atomic E-state index is 14.0. The number of nitrogen functional groups attached to an aromatic ring is 1. The minimum absolute atomic E-state index is 0.114. The number of nitrogens with one attached hydrogen (secondary N) is 2. The molecule has 0 fully saturated rings. The number of carbonyl (C=O) groups excluding carboxylic acids is 1. The minimum atomic E-state index is -0.778. The second kappa shape index (κ2) is 6.32. The van der Waals surface area contributed by atoms with Crippen molar-refractivity contribution in [2.24, 2.45) is 5.84 Å². The number of hydrogen-bond acceptors (Lipinski definition) is 4. The van der Waals surface area contributed by atoms with Gasteiger partial charge < -0.3 is 10.7 Å². The van der Waals surface area contributed by atoms with E-state index in [-0.39, 0.29) is 17.3 Å². The van der Waals surface area contributed by atoms with E-state index in [2.05, 4.69) is 15.7 Å². The molecule has 1 aromatic heterocycles. The molecule has 2 rings (SSSR count). The molecular weight excluding hydrogens is 271 g/mol. The van der Waals surface area contributed by atoms with Gasteiger partial charge in [-0.15, -0.1) is 0 Å². The van der Waals surface area contributed by atoms with Crippen LogP contribution < -0.4 is 16.6 Å². The molecule has 1 aromatic carbocycles. The molecular formula is C15H17FN4O. The van der Waals surface area contributed by atoms with Gasteiger partial charge >= 0.3 is 0 Å². The van der Waals surface area contributed by atoms with E-state index >= 15 is 0 Å². The third kappa shape index (κ3) is 3.17. The highest BCUT2D eigenvalue weighted by molar-refractivity contribution is 6.05. The highest BCUT2D eigenvalue weighted by Crippen LogP contribution is 2.24. The molecule has 0 unspecified atom stereocenters. The molecule has 0 atom stereocenters. The Balaban J connectivity index is 2.31. The van der Waals surface area contributed by atoms with Crippen LogP contribution >= 0.6 is 0 Å². The van der Waals surface area contributed by atoms with Crippen molar-refractivity contribution in [2.75, 3.05) is 10.7 Å². The second-order valence-corrected chi connectivity index (χ2v) is 4.86. The van der Waals surface area contributed by atoms with Crippen molar-refractivity contribution in [2.45, 2.75) is 19.8 Å². The van der Waals surface area contributed by atoms with Crippen molar-refractivity contribution < 1.29 is 9.18 Å². The number of nitrogens with zero attached hydrogens (tertiary/aromatic N) is 1. The Morgan fingerprint density at radius 1 is 1.29 bits per heavy atom. The first kappa shape index (κ1) is 14.9. The van der Waals surface area contributed by atoms with E-state index < -0.39 is 11.7 Å². The summed E-state index contributed by atoms with van der Waals surface area (Å²) in [5.41, 5.74) is 3.65. The molecule has 5 nitrogen and oxygen atoms in total. The molecule has 0 aliphatic heterocycles. The largest absolute Gasteiger partial charge is 0.322 e. The van der Waals surface area contributed by atoms with Crippen molar-refractivity contribution in [3.05, 3.63) is 53.5 Å². The van der Waals surface area contributed by atoms with Crippen LogP contribution in [0.3, 0.4) is 0 Å². The summed E-state index contributed by atoms with van der Waals surface area (Å²) in [7, 11) is 0. The van der Waals surface area contributed by atoms with E-state index in [9.17, 15) is 9.18 Å². The summed E-state index contributed by atoms with van der Waals surface area (Å²) in [5, 5.41) is 2.72. The summed E-state index contributed by atoms with van der Waals surface area (Å²) < 4.78 is 14.0. The van der Waals surface area contributed by atoms with Crippen LogP contribution in [-0.2, 0) is 0 Å². The van der Waals surface area contributed by atoms with Gasteiger partial charge in [0.25, 0.3) is 5.91 Å². The van der Waals surface area contributed by atoms with Crippen LogP contribution in [0.5, 0.6) is 0 Å². The Hall–Kier alpha value is -2.47. The Kier molecular flexibility index (Phi) is 4.49. The summed E-state index contributed by atoms with van der Waals surface area (Å²) in [4.78, 5) is 15.9. The van der Waals surface area contributed by atoms with E-state index in [0.717, 1.165) is 5.56 Å². The number of amides is 1. The van der Waals surface area contributed by atoms with Gasteiger partial charge in [0.05, 0.1) is 5.56 Å². The average molecular weight is 288 g/mol. The highest BCUT2D eigenvalue weighted by atomic mass is 19.1. The number of aromatic nitrogens is 1. The predicted octanol–water partition coefficient (Wildman–Crippen LogP) is 2.88. The quantitative estimate of drug-likeness (QED) is 0.597. The molecule has 0 radical (unpaired) electrons. The number of anilines is 2. The maximum Gasteiger partial charge on any atom is 0.258 e. The van der Waals surface area contributed by atoms with Crippen LogP contribution in [0.1, 0.15) is 35.7 Å². The first-order valence-electron chi connectivity index (χ1n) is 6.56. The summed E-state index contributed by atoms with van der Waals surface area (Å²) in [5.74, 6) is 3.91. The third-order valence-electron chi connectivity index (χ3n) is 3.10. The Morgan fingerprint density at radius 2 is 2.00 bits per heavy atom. The van der Waals surface area contributed by atoms with Gasteiger partial charge in [-0.2, -0.15) is 0 Å². The molecule has 0 aliphatic carbocycles. The minimum Gasteiger partial charge on any atom is -0.322 e. The van der Waals surface area contributed by atoms with E-state index in [4.69, 9.17) is 5.84 Å². The molecule has 21 heavy (non-hydrogen) atoms. The van der Waals surface area contributed by atoms with Crippen molar-refractivity contribution in [3.63, 3.8) is 0 Å². The number of hydrazine groups is 1. The van der Waals surface area contributed by atoms with E-state index in [1.54, 1.807) is 6.07 Å². The normalized spacial score (nSPS) is 10.5. The van der Waals surface area contributed by atoms with Gasteiger partial charge in [0.2, 0.25) is 0 Å². The molecule has 1 heterocycles. The van der Waals surface area contributed by atoms with Crippen LogP contribution in [0.2, 0.25) is 0 Å². The lowest BCUT2D eigenvalue weighted by Crippen LogP contribution is -2.18. The number of para-hydroxylation sites is 1. The topological polar surface area (TPSA) is 80.0 Å². The van der Waals surface area contributed by atoms with Crippen molar-refractivity contribution in [3.8, 4) is 0 Å². The number of pyridine rings is 1. The number of rotatable bonds is 4. The smallest absolute Gasteiger partial charge is 0.258 e. The first-order valence-corrected chi connectivity index (χ1v) is 6.56. The molecule has 0 saturated heterocycles. The molecule has 4 N–H and O–H groups in total. The fourth-order valence-electron chi connectivity index (χ4n) is 2.02. The van der Waals surface area contributed by atoms with Gasteiger partial charge in [-0.05, 0) is 23.6 Å². The predicted molar refractivity (Wildman–Crippen MR) is 80.5 cm³/mol. The molecule has 1 amide bonds. The van der Waals surface area contributed by atoms with Crippen molar-refractivity contribution in [1.29, 1.82) is 0 Å². The fraction of sp³-hybridized carbons (Fsp3) is 0.200. The molecule has 0 aliphatic rings. The molecule has 0 spiro atoms. The molecule has 2 aromatic rings. The van der Waals surface area contributed by atoms with Gasteiger partial charge in [-0.1, -0.05) is 32.0 Å². The van der Waals surface area contributed by atoms with Gasteiger partial charge in [-0.25, -0.2) is 15.2 Å². The standard InChI is InChI=1S/C15H17FN4O/c1-9(2)10-5-3-4-6-12(10)19-15(21)11-7-8-18-14(20-17)13(11)16/h3-9H,17H2,1-2H3,(H,18,20)(H,19,21). The SMILES string of the molecule is CC(C)c1ccccc1NC(=O)c1ccnc(NN)c1F. The average Bonchev–Trinajstić information content (AvgIpc) is 2.47. The van der Waals surface area contributed by atoms with Crippen molar-refractivity contribution >= 4 is 17.4 Å². The van der Waals surface area contributed by atoms with E-state index in [1.165, 1.54) is 12.3 Å². The van der Waals surface area contributed by atoms with Crippen LogP contribution in [0, 0.1) is 5.82 Å². The highest BCUT2D eigenvalue weighted by Gasteiger charge is 2.17. The van der Waals surface area contributed by atoms with Gasteiger partial charge in [0, 0.05) is 11.9 Å². The number of halogens is 1. The zero-order valence-corrected chi connectivity index (χ0v) is 11.9. The monoisotopic (exact) mass is 288 g/mol. The van der Waals surface area contributed by atoms with Crippen LogP contribution in [0.15, 0.2) is 36.5 Å². The lowest BCUT2D eigenvalue weighted by Gasteiger charge is -2.14. The van der Waals surface area contributed by atoms with Crippen LogP contribution in [0.4, 0.5) is 15.9 Å². The fourth-order valence-corrected chi connectivity index (χ4v) is 2.02. The first-order chi connectivity index (χ1) is 10.0. The number of nitrogens with two attached hydrogens (primary N) is 1. The number of hydrogen-bond donors (Lipinski definition) is 3. The molecule has 0 saturated carbocycles. The summed E-state index contributed by atoms with van der Waals surface area (Å²) in [6.45, 7) is 4.04. The lowest BCUT2D eigenvalue weighted by atomic mass is 10.0. The van der Waals surface area contributed by atoms with Gasteiger partial charge in [0.15, 0.2) is 11.6 Å². The van der Waals surface area contributed by atoms with E-state index in [0.29, 0.717) is 5.69 Å². The molecule has 6 heteroatoms. The van der Waals surface area contributed by atoms with Crippen molar-refractivity contribution in [1.82, 2.24) is 4.98 Å². The zero-order valence-electron chi connectivity index (χ0n) is 11.9. The maximum absolute atomic E-state index is 14.0. The zero-order chi connectivity index (χ0) is 15.4. The van der Waals surface area contributed by atoms with E-state index in [1.807, 2.05) is 32.0 Å². The molecule has 110 valence electrons. The summed E-state index contributed by atoms with van der Waals surface area (Å²) in [6, 6.07) is 8.74. The van der Waals surface area contributed by atoms with Gasteiger partial charge in [-0.3, -0.25) is 4.79 Å². The molecule has 0 bridgehead atoms. The van der Waals surface area contributed by atoms with Crippen LogP contribution in [0.25, 0.3) is 0 Å². The van der Waals surface area contributed by atoms with Gasteiger partial charge in [0.1, 0.15) is 0 Å². The summed E-state index contributed by atoms with van der Waals surface area (Å²) in [6.07, 6.45) is 1.32. The lowest BCUT2D eigenvalue weighted by molar-refractivity contribution is 0.102. The van der Waals surface area contributed by atoms with Crippen LogP contribution in [-0.4, -0.2) is 10.9 Å². The number of benzene rings is 1. The Labute approximate surface area is 122 Å². The Bertz CT molecular complexity index is 658.